The highest BCUT2D eigenvalue weighted by atomic mass is 35.5. The van der Waals surface area contributed by atoms with Crippen LogP contribution >= 0.6 is 92.8 Å². The lowest BCUT2D eigenvalue weighted by Crippen LogP contribution is -2.49. The maximum Gasteiger partial charge on any atom is 0.205 e. The molecule has 0 saturated carbocycles. The van der Waals surface area contributed by atoms with E-state index in [0.717, 1.165) is 11.1 Å². The lowest BCUT2D eigenvalue weighted by atomic mass is 9.95. The van der Waals surface area contributed by atoms with Gasteiger partial charge in [0.25, 0.3) is 0 Å². The maximum atomic E-state index is 11.3. The molecule has 4 aromatic carbocycles. The van der Waals surface area contributed by atoms with Crippen molar-refractivity contribution in [3.05, 3.63) is 135 Å². The van der Waals surface area contributed by atoms with Crippen LogP contribution < -0.4 is 0 Å². The molecule has 6 rings (SSSR count). The minimum Gasteiger partial charge on any atom is -0.374 e. The summed E-state index contributed by atoms with van der Waals surface area (Å²) in [4.78, 5) is 0. The summed E-state index contributed by atoms with van der Waals surface area (Å²) in [5.74, 6) is 10.7. The molecule has 0 aliphatic carbocycles. The first-order valence-electron chi connectivity index (χ1n) is 19.0. The molecule has 0 bridgehead atoms. The highest BCUT2D eigenvalue weighted by Crippen LogP contribution is 2.37. The zero-order valence-electron chi connectivity index (χ0n) is 33.9. The van der Waals surface area contributed by atoms with Crippen molar-refractivity contribution in [2.45, 2.75) is 88.5 Å². The number of rotatable bonds is 15. The van der Waals surface area contributed by atoms with E-state index in [1.807, 2.05) is 0 Å². The van der Waals surface area contributed by atoms with Gasteiger partial charge in [-0.05, 0) is 84.6 Å². The van der Waals surface area contributed by atoms with Crippen LogP contribution in [-0.4, -0.2) is 83.8 Å². The molecule has 2 fully saturated rings. The largest absolute Gasteiger partial charge is 0.374 e. The summed E-state index contributed by atoms with van der Waals surface area (Å²) in [6.45, 7) is 3.83. The van der Waals surface area contributed by atoms with Crippen LogP contribution in [0.1, 0.15) is 36.1 Å². The number of hydrogen-bond donors (Lipinski definition) is 3. The molecule has 0 radical (unpaired) electrons. The van der Waals surface area contributed by atoms with E-state index in [9.17, 15) is 15.3 Å². The molecule has 63 heavy (non-hydrogen) atoms. The first kappa shape index (κ1) is 51.9. The van der Waals surface area contributed by atoms with Gasteiger partial charge in [-0.3, -0.25) is 0 Å². The second kappa shape index (κ2) is 24.1. The molecule has 18 heteroatoms. The Morgan fingerprint density at radius 1 is 0.540 bits per heavy atom. The zero-order chi connectivity index (χ0) is 45.9. The fraction of sp³-hybridized carbons (Fsp3) is 0.378. The Balaban J connectivity index is 0.000000238. The molecule has 338 valence electrons. The standard InChI is InChI=1S/C23H22Cl4O5.C22H20Cl4O5/c1-3-8-23(28)21(31-12-15-5-7-17(25)10-19(15)27)20(32-22(23)29-2)13-30-11-14-4-6-16(24)9-18(14)26;1-2-7-22(28)20(30-11-14-4-6-16(24)9-18(14)26)19(31-21(22)27)12-29-10-13-3-5-15(23)8-17(13)25/h4-7,9-10,20-22,28H,11-13H2,1-2H3;3-6,8-9,19-21,27-28H,10-12H2,1H3/t20-,21-,22?,23-;19-,20-,21?,22-/m11/s1. The Morgan fingerprint density at radius 2 is 0.889 bits per heavy atom. The van der Waals surface area contributed by atoms with Gasteiger partial charge in [-0.2, -0.15) is 0 Å². The third-order valence-corrected chi connectivity index (χ3v) is 12.1. The van der Waals surface area contributed by atoms with E-state index < -0.39 is 48.2 Å². The number of aliphatic hydroxyl groups is 3. The second-order valence-electron chi connectivity index (χ2n) is 14.1. The van der Waals surface area contributed by atoms with Gasteiger partial charge in [0.1, 0.15) is 24.4 Å². The summed E-state index contributed by atoms with van der Waals surface area (Å²) >= 11 is 48.6. The van der Waals surface area contributed by atoms with Crippen LogP contribution in [0.3, 0.4) is 0 Å². The Bertz CT molecular complexity index is 2320. The fourth-order valence-corrected chi connectivity index (χ4v) is 8.47. The SMILES string of the molecule is CC#C[C@]1(O)C(O)O[C@H](COCc2ccc(Cl)cc2Cl)[C@H]1OCc1ccc(Cl)cc1Cl.CC#C[C@]1(O)C(OC)O[C@H](COCc2ccc(Cl)cc2Cl)[C@H]1OCc1ccc(Cl)cc1Cl. The molecule has 2 heterocycles. The average Bonchev–Trinajstić information content (AvgIpc) is 3.62. The summed E-state index contributed by atoms with van der Waals surface area (Å²) in [6, 6.07) is 20.3. The second-order valence-corrected chi connectivity index (χ2v) is 17.5. The highest BCUT2D eigenvalue weighted by molar-refractivity contribution is 6.36. The first-order chi connectivity index (χ1) is 30.0. The fourth-order valence-electron chi connectivity index (χ4n) is 6.62. The minimum atomic E-state index is -1.93. The normalized spacial score (nSPS) is 25.1. The molecule has 0 aromatic heterocycles. The molecule has 0 amide bonds. The van der Waals surface area contributed by atoms with E-state index in [2.05, 4.69) is 23.7 Å². The van der Waals surface area contributed by atoms with Crippen molar-refractivity contribution >= 4 is 92.8 Å². The van der Waals surface area contributed by atoms with Crippen molar-refractivity contribution in [1.82, 2.24) is 0 Å². The van der Waals surface area contributed by atoms with Crippen LogP contribution in [0.2, 0.25) is 40.2 Å². The summed E-state index contributed by atoms with van der Waals surface area (Å²) < 4.78 is 40.2. The molecule has 8 atom stereocenters. The predicted octanol–water partition coefficient (Wildman–Crippen LogP) is 10.4. The minimum absolute atomic E-state index is 0.0166. The Hall–Kier alpha value is -2.08. The summed E-state index contributed by atoms with van der Waals surface area (Å²) in [7, 11) is 1.43. The van der Waals surface area contributed by atoms with Gasteiger partial charge >= 0.3 is 0 Å². The zero-order valence-corrected chi connectivity index (χ0v) is 39.9. The van der Waals surface area contributed by atoms with Gasteiger partial charge < -0.3 is 48.5 Å². The van der Waals surface area contributed by atoms with E-state index in [4.69, 9.17) is 126 Å². The Labute approximate surface area is 406 Å². The van der Waals surface area contributed by atoms with Gasteiger partial charge in [0.2, 0.25) is 17.5 Å². The molecule has 2 unspecified atom stereocenters. The Kier molecular flexibility index (Phi) is 19.8. The number of benzene rings is 4. The van der Waals surface area contributed by atoms with Crippen LogP contribution in [0.25, 0.3) is 0 Å². The highest BCUT2D eigenvalue weighted by Gasteiger charge is 2.57. The third-order valence-electron chi connectivity index (χ3n) is 9.72. The predicted molar refractivity (Wildman–Crippen MR) is 246 cm³/mol. The summed E-state index contributed by atoms with van der Waals surface area (Å²) in [5.41, 5.74) is -0.762. The molecule has 10 nitrogen and oxygen atoms in total. The quantitative estimate of drug-likeness (QED) is 0.0992. The Morgan fingerprint density at radius 3 is 1.25 bits per heavy atom. The monoisotopic (exact) mass is 1020 g/mol. The van der Waals surface area contributed by atoms with Crippen LogP contribution in [0.5, 0.6) is 0 Å². The van der Waals surface area contributed by atoms with Crippen molar-refractivity contribution in [3.8, 4) is 23.7 Å². The number of ether oxygens (including phenoxy) is 7. The van der Waals surface area contributed by atoms with E-state index in [1.165, 1.54) is 7.11 Å². The molecule has 0 spiro atoms. The van der Waals surface area contributed by atoms with Crippen molar-refractivity contribution in [1.29, 1.82) is 0 Å². The third kappa shape index (κ3) is 13.5. The van der Waals surface area contributed by atoms with Gasteiger partial charge in [-0.15, -0.1) is 11.8 Å². The molecule has 2 aliphatic rings. The van der Waals surface area contributed by atoms with Crippen LogP contribution in [-0.2, 0) is 59.6 Å². The molecular formula is C45H42Cl8O10. The molecule has 2 aliphatic heterocycles. The van der Waals surface area contributed by atoms with Crippen LogP contribution in [0.15, 0.2) is 72.8 Å². The average molecular weight is 1030 g/mol. The van der Waals surface area contributed by atoms with E-state index in [-0.39, 0.29) is 39.6 Å². The summed E-state index contributed by atoms with van der Waals surface area (Å²) in [6.07, 6.45) is -5.91. The van der Waals surface area contributed by atoms with Crippen molar-refractivity contribution < 1.29 is 48.5 Å². The maximum absolute atomic E-state index is 11.3. The molecule has 4 aromatic rings. The van der Waals surface area contributed by atoms with E-state index in [1.54, 1.807) is 86.6 Å². The number of methoxy groups -OCH3 is 1. The number of halogens is 8. The molecule has 2 saturated heterocycles. The molecule has 3 N–H and O–H groups in total. The molecular weight excluding hydrogens is 984 g/mol. The van der Waals surface area contributed by atoms with Crippen LogP contribution in [0, 0.1) is 23.7 Å². The van der Waals surface area contributed by atoms with Crippen molar-refractivity contribution in [3.63, 3.8) is 0 Å². The van der Waals surface area contributed by atoms with Crippen LogP contribution in [0.4, 0.5) is 0 Å². The van der Waals surface area contributed by atoms with Crippen molar-refractivity contribution in [2.75, 3.05) is 20.3 Å². The van der Waals surface area contributed by atoms with Crippen molar-refractivity contribution in [2.24, 2.45) is 0 Å². The summed E-state index contributed by atoms with van der Waals surface area (Å²) in [5, 5.41) is 36.4. The lowest BCUT2D eigenvalue weighted by molar-refractivity contribution is -0.176. The topological polar surface area (TPSA) is 125 Å². The number of hydrogen-bond acceptors (Lipinski definition) is 10. The van der Waals surface area contributed by atoms with E-state index in [0.29, 0.717) is 51.3 Å². The smallest absolute Gasteiger partial charge is 0.205 e. The lowest BCUT2D eigenvalue weighted by Gasteiger charge is -2.28. The first-order valence-corrected chi connectivity index (χ1v) is 22.0. The van der Waals surface area contributed by atoms with Gasteiger partial charge in [0.05, 0.1) is 39.6 Å². The van der Waals surface area contributed by atoms with Gasteiger partial charge in [-0.1, -0.05) is 129 Å². The van der Waals surface area contributed by atoms with E-state index >= 15 is 0 Å². The van der Waals surface area contributed by atoms with Gasteiger partial charge in [0.15, 0.2) is 6.29 Å². The van der Waals surface area contributed by atoms with Gasteiger partial charge in [0, 0.05) is 47.3 Å². The number of aliphatic hydroxyl groups excluding tert-OH is 1. The van der Waals surface area contributed by atoms with Gasteiger partial charge in [-0.25, -0.2) is 0 Å².